The molecule has 1 aliphatic carbocycles. The molecular formula is C21H31IN4OS2. The van der Waals surface area contributed by atoms with Crippen LogP contribution in [0.3, 0.4) is 0 Å². The van der Waals surface area contributed by atoms with Crippen LogP contribution in [0.1, 0.15) is 41.9 Å². The lowest BCUT2D eigenvalue weighted by Gasteiger charge is -2.37. The van der Waals surface area contributed by atoms with Crippen LogP contribution in [0, 0.1) is 0 Å². The summed E-state index contributed by atoms with van der Waals surface area (Å²) in [6.07, 6.45) is 6.27. The molecule has 1 saturated carbocycles. The molecule has 0 bridgehead atoms. The lowest BCUT2D eigenvalue weighted by atomic mass is 9.73. The summed E-state index contributed by atoms with van der Waals surface area (Å²) in [5, 5.41) is 11.2. The normalized spacial score (nSPS) is 16.0. The summed E-state index contributed by atoms with van der Waals surface area (Å²) in [6, 6.07) is 8.57. The minimum atomic E-state index is 0. The smallest absolute Gasteiger partial charge is 0.243 e. The Kier molecular flexibility index (Phi) is 9.91. The second-order valence-corrected chi connectivity index (χ2v) is 9.54. The molecule has 1 aliphatic rings. The van der Waals surface area contributed by atoms with Gasteiger partial charge in [0, 0.05) is 35.8 Å². The van der Waals surface area contributed by atoms with Gasteiger partial charge in [-0.15, -0.1) is 46.7 Å². The number of hydrogen-bond donors (Lipinski definition) is 2. The van der Waals surface area contributed by atoms with Gasteiger partial charge in [0.2, 0.25) is 5.91 Å². The minimum absolute atomic E-state index is 0. The van der Waals surface area contributed by atoms with Gasteiger partial charge in [0.25, 0.3) is 0 Å². The summed E-state index contributed by atoms with van der Waals surface area (Å²) >= 11 is 3.57. The first kappa shape index (κ1) is 24.1. The van der Waals surface area contributed by atoms with Gasteiger partial charge in [-0.3, -0.25) is 4.79 Å². The first-order chi connectivity index (χ1) is 13.6. The van der Waals surface area contributed by atoms with Gasteiger partial charge in [-0.1, -0.05) is 31.4 Å². The van der Waals surface area contributed by atoms with Crippen molar-refractivity contribution < 1.29 is 4.79 Å². The fourth-order valence-corrected chi connectivity index (χ4v) is 5.25. The summed E-state index contributed by atoms with van der Waals surface area (Å²) in [6.45, 7) is 1.71. The van der Waals surface area contributed by atoms with Crippen molar-refractivity contribution in [1.29, 1.82) is 0 Å². The van der Waals surface area contributed by atoms with Crippen LogP contribution in [0.25, 0.3) is 0 Å². The molecule has 5 nitrogen and oxygen atoms in total. The van der Waals surface area contributed by atoms with Crippen LogP contribution < -0.4 is 10.6 Å². The number of hydrogen-bond acceptors (Lipinski definition) is 4. The number of rotatable bonds is 7. The molecule has 29 heavy (non-hydrogen) atoms. The van der Waals surface area contributed by atoms with Gasteiger partial charge >= 0.3 is 0 Å². The van der Waals surface area contributed by atoms with Crippen molar-refractivity contribution in [2.75, 3.05) is 27.2 Å². The third kappa shape index (κ3) is 6.96. The van der Waals surface area contributed by atoms with E-state index < -0.39 is 0 Å². The standard InChI is InChI=1S/C21H30N4OS2.HI/c1-25(2)19(26)15-23-20(22-14-17-8-6-12-27-17)24-16-21(10-4-3-5-11-21)18-9-7-13-28-18;/h6-9,12-13H,3-5,10-11,14-16H2,1-2H3,(H2,22,23,24);1H. The molecule has 2 heterocycles. The molecule has 1 fully saturated rings. The average molecular weight is 547 g/mol. The Morgan fingerprint density at radius 1 is 1.10 bits per heavy atom. The fourth-order valence-electron chi connectivity index (χ4n) is 3.62. The summed E-state index contributed by atoms with van der Waals surface area (Å²) in [4.78, 5) is 20.8. The highest BCUT2D eigenvalue weighted by molar-refractivity contribution is 14.0. The van der Waals surface area contributed by atoms with Gasteiger partial charge in [-0.2, -0.15) is 0 Å². The Labute approximate surface area is 199 Å². The molecule has 160 valence electrons. The van der Waals surface area contributed by atoms with Gasteiger partial charge in [-0.05, 0) is 35.7 Å². The molecule has 0 saturated heterocycles. The predicted molar refractivity (Wildman–Crippen MR) is 135 cm³/mol. The van der Waals surface area contributed by atoms with Gasteiger partial charge in [-0.25, -0.2) is 4.99 Å². The Balaban J connectivity index is 0.00000300. The Bertz CT molecular complexity index is 754. The molecule has 0 unspecified atom stereocenters. The van der Waals surface area contributed by atoms with E-state index in [1.807, 2.05) is 11.3 Å². The molecule has 2 aromatic heterocycles. The number of amides is 1. The maximum Gasteiger partial charge on any atom is 0.243 e. The SMILES string of the molecule is CN(C)C(=O)CN=C(NCc1cccs1)NCC1(c2cccs2)CCCCC1.I. The van der Waals surface area contributed by atoms with E-state index in [0.29, 0.717) is 12.5 Å². The van der Waals surface area contributed by atoms with Crippen molar-refractivity contribution in [3.8, 4) is 0 Å². The minimum Gasteiger partial charge on any atom is -0.355 e. The van der Waals surface area contributed by atoms with Crippen molar-refractivity contribution in [2.24, 2.45) is 4.99 Å². The number of guanidine groups is 1. The van der Waals surface area contributed by atoms with E-state index in [1.165, 1.54) is 41.9 Å². The highest BCUT2D eigenvalue weighted by Gasteiger charge is 2.34. The van der Waals surface area contributed by atoms with Gasteiger partial charge in [0.05, 0.1) is 6.54 Å². The van der Waals surface area contributed by atoms with Crippen molar-refractivity contribution in [2.45, 2.75) is 44.1 Å². The predicted octanol–water partition coefficient (Wildman–Crippen LogP) is 4.45. The van der Waals surface area contributed by atoms with Crippen molar-refractivity contribution >= 4 is 58.5 Å². The van der Waals surface area contributed by atoms with Crippen LogP contribution >= 0.6 is 46.7 Å². The number of carbonyl (C=O) groups is 1. The maximum atomic E-state index is 12.0. The molecule has 2 aromatic rings. The fraction of sp³-hybridized carbons (Fsp3) is 0.524. The van der Waals surface area contributed by atoms with E-state index in [4.69, 9.17) is 0 Å². The number of thiophene rings is 2. The summed E-state index contributed by atoms with van der Waals surface area (Å²) in [5.41, 5.74) is 0.170. The molecule has 3 rings (SSSR count). The van der Waals surface area contributed by atoms with Crippen LogP contribution in [0.15, 0.2) is 40.0 Å². The molecule has 0 atom stereocenters. The lowest BCUT2D eigenvalue weighted by molar-refractivity contribution is -0.127. The molecule has 0 spiro atoms. The first-order valence-corrected chi connectivity index (χ1v) is 11.6. The number of nitrogens with zero attached hydrogens (tertiary/aromatic N) is 2. The Hall–Kier alpha value is -1.13. The van der Waals surface area contributed by atoms with Crippen molar-refractivity contribution in [3.63, 3.8) is 0 Å². The molecule has 0 aromatic carbocycles. The highest BCUT2D eigenvalue weighted by Crippen LogP contribution is 2.41. The van der Waals surface area contributed by atoms with E-state index >= 15 is 0 Å². The van der Waals surface area contributed by atoms with Gasteiger partial charge in [0.1, 0.15) is 6.54 Å². The molecule has 8 heteroatoms. The van der Waals surface area contributed by atoms with Crippen LogP contribution in [0.4, 0.5) is 0 Å². The Morgan fingerprint density at radius 2 is 1.83 bits per heavy atom. The second kappa shape index (κ2) is 11.9. The highest BCUT2D eigenvalue weighted by atomic mass is 127. The van der Waals surface area contributed by atoms with E-state index in [1.54, 1.807) is 30.3 Å². The van der Waals surface area contributed by atoms with E-state index in [0.717, 1.165) is 6.54 Å². The first-order valence-electron chi connectivity index (χ1n) is 9.88. The van der Waals surface area contributed by atoms with Crippen LogP contribution in [-0.2, 0) is 16.8 Å². The quantitative estimate of drug-likeness (QED) is 0.307. The molecule has 2 N–H and O–H groups in total. The average Bonchev–Trinajstić information content (AvgIpc) is 3.42. The number of likely N-dealkylation sites (N-methyl/N-ethyl adjacent to an activating group) is 1. The molecule has 0 aliphatic heterocycles. The third-order valence-electron chi connectivity index (χ3n) is 5.33. The monoisotopic (exact) mass is 546 g/mol. The van der Waals surface area contributed by atoms with Gasteiger partial charge in [0.15, 0.2) is 5.96 Å². The molecular weight excluding hydrogens is 515 g/mol. The number of halogens is 1. The second-order valence-electron chi connectivity index (χ2n) is 7.56. The van der Waals surface area contributed by atoms with Crippen LogP contribution in [0.2, 0.25) is 0 Å². The van der Waals surface area contributed by atoms with Crippen molar-refractivity contribution in [3.05, 3.63) is 44.8 Å². The largest absolute Gasteiger partial charge is 0.355 e. The summed E-state index contributed by atoms with van der Waals surface area (Å²) < 4.78 is 0. The third-order valence-corrected chi connectivity index (χ3v) is 7.32. The topological polar surface area (TPSA) is 56.7 Å². The zero-order valence-corrected chi connectivity index (χ0v) is 21.1. The van der Waals surface area contributed by atoms with Crippen LogP contribution in [-0.4, -0.2) is 44.0 Å². The van der Waals surface area contributed by atoms with Crippen molar-refractivity contribution in [1.82, 2.24) is 15.5 Å². The molecule has 1 amide bonds. The number of aliphatic imine (C=N–C) groups is 1. The van der Waals surface area contributed by atoms with Crippen LogP contribution in [0.5, 0.6) is 0 Å². The van der Waals surface area contributed by atoms with E-state index in [-0.39, 0.29) is 41.8 Å². The van der Waals surface area contributed by atoms with Gasteiger partial charge < -0.3 is 15.5 Å². The lowest BCUT2D eigenvalue weighted by Crippen LogP contribution is -2.46. The maximum absolute atomic E-state index is 12.0. The Morgan fingerprint density at radius 3 is 2.45 bits per heavy atom. The molecule has 0 radical (unpaired) electrons. The van der Waals surface area contributed by atoms with E-state index in [2.05, 4.69) is 50.7 Å². The summed E-state index contributed by atoms with van der Waals surface area (Å²) in [7, 11) is 3.52. The zero-order chi connectivity index (χ0) is 19.8. The summed E-state index contributed by atoms with van der Waals surface area (Å²) in [5.74, 6) is 0.716. The zero-order valence-electron chi connectivity index (χ0n) is 17.1. The van der Waals surface area contributed by atoms with E-state index in [9.17, 15) is 4.79 Å². The number of nitrogens with one attached hydrogen (secondary N) is 2. The number of carbonyl (C=O) groups excluding carboxylic acids is 1.